The predicted molar refractivity (Wildman–Crippen MR) is 125 cm³/mol. The number of fused-ring (bicyclic) bond motifs is 1. The summed E-state index contributed by atoms with van der Waals surface area (Å²) in [5.74, 6) is 1.34. The molecule has 3 aromatic carbocycles. The molecular weight excluding hydrogens is 408 g/mol. The molecular formula is C25H24N2O3S. The van der Waals surface area contributed by atoms with Crippen molar-refractivity contribution >= 4 is 32.6 Å². The Kier molecular flexibility index (Phi) is 6.18. The monoisotopic (exact) mass is 432 g/mol. The van der Waals surface area contributed by atoms with E-state index in [1.54, 1.807) is 24.1 Å². The van der Waals surface area contributed by atoms with Gasteiger partial charge in [0.1, 0.15) is 17.0 Å². The Balaban J connectivity index is 1.76. The van der Waals surface area contributed by atoms with E-state index in [1.165, 1.54) is 11.3 Å². The fourth-order valence-corrected chi connectivity index (χ4v) is 4.44. The van der Waals surface area contributed by atoms with Crippen LogP contribution in [0.3, 0.4) is 0 Å². The van der Waals surface area contributed by atoms with E-state index in [-0.39, 0.29) is 5.91 Å². The van der Waals surface area contributed by atoms with Crippen LogP contribution in [-0.2, 0) is 6.54 Å². The van der Waals surface area contributed by atoms with Crippen molar-refractivity contribution in [2.45, 2.75) is 20.4 Å². The Morgan fingerprint density at radius 1 is 1.03 bits per heavy atom. The second-order valence-corrected chi connectivity index (χ2v) is 8.07. The Morgan fingerprint density at radius 2 is 1.77 bits per heavy atom. The Bertz CT molecular complexity index is 1190. The topological polar surface area (TPSA) is 51.7 Å². The lowest BCUT2D eigenvalue weighted by molar-refractivity contribution is 0.0985. The lowest BCUT2D eigenvalue weighted by atomic mass is 10.1. The van der Waals surface area contributed by atoms with Crippen LogP contribution in [0.4, 0.5) is 5.13 Å². The number of nitrogens with zero attached hydrogens (tertiary/aromatic N) is 2. The number of rotatable bonds is 7. The fraction of sp³-hybridized carbons (Fsp3) is 0.200. The minimum absolute atomic E-state index is 0.109. The number of amides is 1. The van der Waals surface area contributed by atoms with Crippen molar-refractivity contribution in [2.24, 2.45) is 0 Å². The van der Waals surface area contributed by atoms with E-state index >= 15 is 0 Å². The van der Waals surface area contributed by atoms with E-state index in [2.05, 4.69) is 0 Å². The maximum Gasteiger partial charge on any atom is 0.260 e. The molecule has 1 aromatic heterocycles. The van der Waals surface area contributed by atoms with E-state index in [1.807, 2.05) is 68.4 Å². The number of hydrogen-bond donors (Lipinski definition) is 0. The highest BCUT2D eigenvalue weighted by molar-refractivity contribution is 7.22. The smallest absolute Gasteiger partial charge is 0.260 e. The lowest BCUT2D eigenvalue weighted by Gasteiger charge is -2.20. The summed E-state index contributed by atoms with van der Waals surface area (Å²) in [5.41, 5.74) is 3.50. The molecule has 0 aliphatic carbocycles. The molecule has 0 atom stereocenters. The molecule has 31 heavy (non-hydrogen) atoms. The van der Waals surface area contributed by atoms with Gasteiger partial charge in [0, 0.05) is 5.56 Å². The summed E-state index contributed by atoms with van der Waals surface area (Å²) in [6, 6.07) is 21.1. The van der Waals surface area contributed by atoms with Crippen molar-refractivity contribution in [1.82, 2.24) is 4.98 Å². The summed E-state index contributed by atoms with van der Waals surface area (Å²) in [6.45, 7) is 4.98. The molecule has 0 radical (unpaired) electrons. The first-order valence-corrected chi connectivity index (χ1v) is 10.9. The Morgan fingerprint density at radius 3 is 2.45 bits per heavy atom. The molecule has 0 aliphatic rings. The summed E-state index contributed by atoms with van der Waals surface area (Å²) >= 11 is 1.50. The summed E-state index contributed by atoms with van der Waals surface area (Å²) in [5, 5.41) is 0.644. The molecule has 158 valence electrons. The van der Waals surface area contributed by atoms with Crippen molar-refractivity contribution in [3.05, 3.63) is 83.4 Å². The van der Waals surface area contributed by atoms with Crippen LogP contribution >= 0.6 is 11.3 Å². The standard InChI is InChI=1S/C25H24N2O3S/c1-4-30-20-13-11-19(12-14-20)24(28)27(16-18-8-6-5-7-9-18)25-26-22-21(29-3)15-10-17(2)23(22)31-25/h5-15H,4,16H2,1-3H3. The van der Waals surface area contributed by atoms with Crippen LogP contribution in [0.5, 0.6) is 11.5 Å². The number of anilines is 1. The largest absolute Gasteiger partial charge is 0.494 e. The summed E-state index contributed by atoms with van der Waals surface area (Å²) in [7, 11) is 1.63. The third-order valence-corrected chi connectivity index (χ3v) is 6.20. The average Bonchev–Trinajstić information content (AvgIpc) is 3.25. The van der Waals surface area contributed by atoms with Crippen LogP contribution in [0.1, 0.15) is 28.4 Å². The molecule has 1 heterocycles. The zero-order valence-corrected chi connectivity index (χ0v) is 18.6. The summed E-state index contributed by atoms with van der Waals surface area (Å²) < 4.78 is 12.0. The highest BCUT2D eigenvalue weighted by Gasteiger charge is 2.23. The van der Waals surface area contributed by atoms with Crippen molar-refractivity contribution in [2.75, 3.05) is 18.6 Å². The Labute approximate surface area is 185 Å². The normalized spacial score (nSPS) is 10.8. The van der Waals surface area contributed by atoms with Gasteiger partial charge in [-0.15, -0.1) is 0 Å². The number of benzene rings is 3. The van der Waals surface area contributed by atoms with Gasteiger partial charge in [0.05, 0.1) is 25.0 Å². The first-order valence-electron chi connectivity index (χ1n) is 10.1. The van der Waals surface area contributed by atoms with E-state index in [0.29, 0.717) is 29.6 Å². The second-order valence-electron chi connectivity index (χ2n) is 7.09. The molecule has 5 nitrogen and oxygen atoms in total. The van der Waals surface area contributed by atoms with Crippen molar-refractivity contribution in [1.29, 1.82) is 0 Å². The van der Waals surface area contributed by atoms with Gasteiger partial charge in [-0.1, -0.05) is 47.7 Å². The van der Waals surface area contributed by atoms with Gasteiger partial charge < -0.3 is 9.47 Å². The van der Waals surface area contributed by atoms with E-state index in [0.717, 1.165) is 27.1 Å². The van der Waals surface area contributed by atoms with Gasteiger partial charge in [0.15, 0.2) is 5.13 Å². The van der Waals surface area contributed by atoms with Gasteiger partial charge in [-0.3, -0.25) is 9.69 Å². The average molecular weight is 433 g/mol. The van der Waals surface area contributed by atoms with Crippen molar-refractivity contribution in [3.8, 4) is 11.5 Å². The molecule has 6 heteroatoms. The van der Waals surface area contributed by atoms with Gasteiger partial charge in [-0.05, 0) is 55.3 Å². The van der Waals surface area contributed by atoms with Gasteiger partial charge >= 0.3 is 0 Å². The van der Waals surface area contributed by atoms with Crippen molar-refractivity contribution in [3.63, 3.8) is 0 Å². The van der Waals surface area contributed by atoms with Crippen LogP contribution in [-0.4, -0.2) is 24.6 Å². The number of thiazole rings is 1. The number of methoxy groups -OCH3 is 1. The molecule has 0 spiro atoms. The molecule has 0 unspecified atom stereocenters. The third-order valence-electron chi connectivity index (χ3n) is 4.98. The molecule has 4 aromatic rings. The number of ether oxygens (including phenoxy) is 2. The zero-order valence-electron chi connectivity index (χ0n) is 17.8. The molecule has 0 aliphatic heterocycles. The Hall–Kier alpha value is -3.38. The van der Waals surface area contributed by atoms with Gasteiger partial charge in [0.2, 0.25) is 0 Å². The fourth-order valence-electron chi connectivity index (χ4n) is 3.39. The predicted octanol–water partition coefficient (Wildman–Crippen LogP) is 5.86. The SMILES string of the molecule is CCOc1ccc(C(=O)N(Cc2ccccc2)c2nc3c(OC)ccc(C)c3s2)cc1. The van der Waals surface area contributed by atoms with E-state index in [9.17, 15) is 4.79 Å². The van der Waals surface area contributed by atoms with Crippen LogP contribution in [0.15, 0.2) is 66.7 Å². The third kappa shape index (κ3) is 4.39. The van der Waals surface area contributed by atoms with Gasteiger partial charge in [0.25, 0.3) is 5.91 Å². The molecule has 0 fully saturated rings. The molecule has 0 saturated heterocycles. The first-order chi connectivity index (χ1) is 15.1. The minimum Gasteiger partial charge on any atom is -0.494 e. The number of carbonyl (C=O) groups is 1. The molecule has 4 rings (SSSR count). The maximum atomic E-state index is 13.6. The molecule has 0 bridgehead atoms. The van der Waals surface area contributed by atoms with E-state index < -0.39 is 0 Å². The van der Waals surface area contributed by atoms with E-state index in [4.69, 9.17) is 14.5 Å². The minimum atomic E-state index is -0.109. The number of aryl methyl sites for hydroxylation is 1. The van der Waals surface area contributed by atoms with Crippen LogP contribution in [0.25, 0.3) is 10.2 Å². The first kappa shape index (κ1) is 20.9. The quantitative estimate of drug-likeness (QED) is 0.367. The highest BCUT2D eigenvalue weighted by atomic mass is 32.1. The molecule has 1 amide bonds. The number of hydrogen-bond acceptors (Lipinski definition) is 5. The van der Waals surface area contributed by atoms with Crippen LogP contribution in [0.2, 0.25) is 0 Å². The zero-order chi connectivity index (χ0) is 21.8. The second kappa shape index (κ2) is 9.18. The maximum absolute atomic E-state index is 13.6. The summed E-state index contributed by atoms with van der Waals surface area (Å²) in [4.78, 5) is 20.1. The molecule has 0 saturated carbocycles. The summed E-state index contributed by atoms with van der Waals surface area (Å²) in [6.07, 6.45) is 0. The molecule has 0 N–H and O–H groups in total. The van der Waals surface area contributed by atoms with Gasteiger partial charge in [-0.2, -0.15) is 0 Å². The number of aromatic nitrogens is 1. The van der Waals surface area contributed by atoms with Crippen LogP contribution < -0.4 is 14.4 Å². The lowest BCUT2D eigenvalue weighted by Crippen LogP contribution is -2.30. The van der Waals surface area contributed by atoms with Gasteiger partial charge in [-0.25, -0.2) is 4.98 Å². The number of carbonyl (C=O) groups excluding carboxylic acids is 1. The van der Waals surface area contributed by atoms with Crippen molar-refractivity contribution < 1.29 is 14.3 Å². The highest BCUT2D eigenvalue weighted by Crippen LogP contribution is 2.37. The van der Waals surface area contributed by atoms with Crippen LogP contribution in [0, 0.1) is 6.92 Å².